The van der Waals surface area contributed by atoms with Crippen molar-refractivity contribution in [1.82, 2.24) is 24.8 Å². The molecule has 1 aliphatic heterocycles. The number of rotatable bonds is 8. The van der Waals surface area contributed by atoms with Gasteiger partial charge in [-0.05, 0) is 57.7 Å². The number of aromatic nitrogens is 4. The Morgan fingerprint density at radius 3 is 2.67 bits per heavy atom. The molecule has 9 heteroatoms. The fraction of sp³-hybridized carbons (Fsp3) is 0.444. The standard InChI is InChI=1S/C27H33FN6O2/c1-6-27(16-34(7-2)26(35)17(3)20-14-23(36-5)31-15-22(20)28)10-9-19-13-21(18(4)32-24(19)33-27)25-29-11-8-12-30-25/h8,11-15,17H,6-7,9-10,16H2,1-5H3,(H,32,33)/t17-,27-/m1/s1. The predicted octanol–water partition coefficient (Wildman–Crippen LogP) is 4.55. The lowest BCUT2D eigenvalue weighted by Gasteiger charge is -2.42. The molecule has 1 amide bonds. The fourth-order valence-electron chi connectivity index (χ4n) is 4.79. The molecular formula is C27H33FN6O2. The summed E-state index contributed by atoms with van der Waals surface area (Å²) in [5.41, 5.74) is 2.83. The number of anilines is 1. The number of hydrogen-bond donors (Lipinski definition) is 1. The maximum Gasteiger partial charge on any atom is 0.230 e. The Labute approximate surface area is 211 Å². The average Bonchev–Trinajstić information content (AvgIpc) is 2.91. The first-order chi connectivity index (χ1) is 17.3. The summed E-state index contributed by atoms with van der Waals surface area (Å²) < 4.78 is 19.7. The maximum atomic E-state index is 14.5. The van der Waals surface area contributed by atoms with E-state index in [1.807, 2.05) is 13.8 Å². The predicted molar refractivity (Wildman–Crippen MR) is 136 cm³/mol. The molecule has 3 aromatic rings. The van der Waals surface area contributed by atoms with E-state index in [2.05, 4.69) is 33.3 Å². The van der Waals surface area contributed by atoms with Crippen molar-refractivity contribution in [3.8, 4) is 17.3 Å². The average molecular weight is 493 g/mol. The van der Waals surface area contributed by atoms with Crippen LogP contribution in [0, 0.1) is 12.7 Å². The summed E-state index contributed by atoms with van der Waals surface area (Å²) in [6.45, 7) is 8.76. The van der Waals surface area contributed by atoms with Crippen molar-refractivity contribution in [2.75, 3.05) is 25.5 Å². The number of halogens is 1. The highest BCUT2D eigenvalue weighted by molar-refractivity contribution is 5.83. The smallest absolute Gasteiger partial charge is 0.230 e. The van der Waals surface area contributed by atoms with Gasteiger partial charge in [0, 0.05) is 42.7 Å². The molecule has 36 heavy (non-hydrogen) atoms. The number of amides is 1. The highest BCUT2D eigenvalue weighted by Crippen LogP contribution is 2.36. The molecule has 4 rings (SSSR count). The summed E-state index contributed by atoms with van der Waals surface area (Å²) in [5, 5.41) is 3.66. The third-order valence-corrected chi connectivity index (χ3v) is 7.12. The van der Waals surface area contributed by atoms with E-state index >= 15 is 0 Å². The van der Waals surface area contributed by atoms with Crippen LogP contribution in [0.5, 0.6) is 5.88 Å². The maximum absolute atomic E-state index is 14.5. The van der Waals surface area contributed by atoms with Crippen molar-refractivity contribution in [2.45, 2.75) is 58.4 Å². The molecule has 0 saturated heterocycles. The number of pyridine rings is 2. The molecule has 0 spiro atoms. The summed E-state index contributed by atoms with van der Waals surface area (Å²) in [6, 6.07) is 5.41. The van der Waals surface area contributed by atoms with Crippen LogP contribution in [0.2, 0.25) is 0 Å². The molecule has 8 nitrogen and oxygen atoms in total. The second kappa shape index (κ2) is 10.6. The topological polar surface area (TPSA) is 93.1 Å². The number of ether oxygens (including phenoxy) is 1. The van der Waals surface area contributed by atoms with E-state index in [9.17, 15) is 9.18 Å². The summed E-state index contributed by atoms with van der Waals surface area (Å²) in [7, 11) is 1.47. The van der Waals surface area contributed by atoms with Gasteiger partial charge >= 0.3 is 0 Å². The highest BCUT2D eigenvalue weighted by atomic mass is 19.1. The Morgan fingerprint density at radius 1 is 1.25 bits per heavy atom. The van der Waals surface area contributed by atoms with Gasteiger partial charge in [-0.15, -0.1) is 0 Å². The van der Waals surface area contributed by atoms with Crippen LogP contribution < -0.4 is 10.1 Å². The molecule has 3 aromatic heterocycles. The molecule has 0 aliphatic carbocycles. The van der Waals surface area contributed by atoms with Crippen LogP contribution in [0.4, 0.5) is 10.2 Å². The lowest BCUT2D eigenvalue weighted by Crippen LogP contribution is -2.53. The summed E-state index contributed by atoms with van der Waals surface area (Å²) >= 11 is 0. The first-order valence-electron chi connectivity index (χ1n) is 12.3. The van der Waals surface area contributed by atoms with Crippen LogP contribution in [0.3, 0.4) is 0 Å². The van der Waals surface area contributed by atoms with E-state index in [0.29, 0.717) is 18.9 Å². The quantitative estimate of drug-likeness (QED) is 0.493. The van der Waals surface area contributed by atoms with Crippen molar-refractivity contribution < 1.29 is 13.9 Å². The summed E-state index contributed by atoms with van der Waals surface area (Å²) in [6.07, 6.45) is 7.03. The highest BCUT2D eigenvalue weighted by Gasteiger charge is 2.37. The molecule has 0 fully saturated rings. The van der Waals surface area contributed by atoms with Crippen molar-refractivity contribution in [1.29, 1.82) is 0 Å². The Hall–Kier alpha value is -3.62. The molecular weight excluding hydrogens is 459 g/mol. The molecule has 1 aliphatic rings. The normalized spacial score (nSPS) is 17.6. The van der Waals surface area contributed by atoms with Crippen LogP contribution in [0.25, 0.3) is 11.4 Å². The Bertz CT molecular complexity index is 1240. The number of methoxy groups -OCH3 is 1. The van der Waals surface area contributed by atoms with Crippen LogP contribution in [0.15, 0.2) is 36.8 Å². The number of likely N-dealkylation sites (N-methyl/N-ethyl adjacent to an activating group) is 1. The zero-order valence-corrected chi connectivity index (χ0v) is 21.5. The Kier molecular flexibility index (Phi) is 7.47. The zero-order valence-electron chi connectivity index (χ0n) is 21.5. The van der Waals surface area contributed by atoms with Crippen LogP contribution in [0.1, 0.15) is 56.4 Å². The molecule has 190 valence electrons. The molecule has 0 unspecified atom stereocenters. The van der Waals surface area contributed by atoms with Crippen LogP contribution in [-0.4, -0.2) is 56.5 Å². The van der Waals surface area contributed by atoms with E-state index in [1.54, 1.807) is 30.3 Å². The van der Waals surface area contributed by atoms with Gasteiger partial charge in [0.05, 0.1) is 30.5 Å². The molecule has 0 radical (unpaired) electrons. The van der Waals surface area contributed by atoms with Gasteiger partial charge in [-0.2, -0.15) is 0 Å². The number of aryl methyl sites for hydroxylation is 2. The minimum Gasteiger partial charge on any atom is -0.481 e. The van der Waals surface area contributed by atoms with Gasteiger partial charge in [-0.3, -0.25) is 4.79 Å². The number of nitrogens with zero attached hydrogens (tertiary/aromatic N) is 5. The Morgan fingerprint density at radius 2 is 2.00 bits per heavy atom. The van der Waals surface area contributed by atoms with Gasteiger partial charge in [0.25, 0.3) is 0 Å². The van der Waals surface area contributed by atoms with Crippen molar-refractivity contribution in [3.63, 3.8) is 0 Å². The minimum atomic E-state index is -0.666. The lowest BCUT2D eigenvalue weighted by atomic mass is 9.83. The van der Waals surface area contributed by atoms with Gasteiger partial charge in [0.1, 0.15) is 11.6 Å². The van der Waals surface area contributed by atoms with E-state index in [0.717, 1.165) is 48.1 Å². The third kappa shape index (κ3) is 5.01. The van der Waals surface area contributed by atoms with Gasteiger partial charge < -0.3 is 15.0 Å². The van der Waals surface area contributed by atoms with Gasteiger partial charge in [0.2, 0.25) is 11.8 Å². The second-order valence-corrected chi connectivity index (χ2v) is 9.28. The number of fused-ring (bicyclic) bond motifs is 1. The van der Waals surface area contributed by atoms with Gasteiger partial charge in [-0.25, -0.2) is 24.3 Å². The van der Waals surface area contributed by atoms with Crippen molar-refractivity contribution in [2.24, 2.45) is 0 Å². The number of carbonyl (C=O) groups is 1. The summed E-state index contributed by atoms with van der Waals surface area (Å²) in [4.78, 5) is 32.8. The number of nitrogens with one attached hydrogen (secondary N) is 1. The van der Waals surface area contributed by atoms with Crippen molar-refractivity contribution in [3.05, 3.63) is 59.4 Å². The molecule has 1 N–H and O–H groups in total. The Balaban J connectivity index is 1.56. The first kappa shape index (κ1) is 25.5. The monoisotopic (exact) mass is 492 g/mol. The third-order valence-electron chi connectivity index (χ3n) is 7.12. The minimum absolute atomic E-state index is 0.134. The zero-order chi connectivity index (χ0) is 25.9. The number of carbonyl (C=O) groups excluding carboxylic acids is 1. The molecule has 2 atom stereocenters. The SMILES string of the molecule is CCN(C[C@@]1(CC)CCc2cc(-c3ncccn3)c(C)nc2N1)C(=O)[C@H](C)c1cc(OC)ncc1F. The van der Waals surface area contributed by atoms with Crippen LogP contribution in [-0.2, 0) is 11.2 Å². The first-order valence-corrected chi connectivity index (χ1v) is 12.3. The largest absolute Gasteiger partial charge is 0.481 e. The molecule has 0 saturated carbocycles. The molecule has 0 bridgehead atoms. The van der Waals surface area contributed by atoms with E-state index in [4.69, 9.17) is 9.72 Å². The second-order valence-electron chi connectivity index (χ2n) is 9.28. The fourth-order valence-corrected chi connectivity index (χ4v) is 4.79. The molecule has 4 heterocycles. The van der Waals surface area contributed by atoms with E-state index in [-0.39, 0.29) is 22.9 Å². The number of hydrogen-bond acceptors (Lipinski definition) is 7. The van der Waals surface area contributed by atoms with E-state index in [1.165, 1.54) is 13.2 Å². The summed E-state index contributed by atoms with van der Waals surface area (Å²) in [5.74, 6) is 0.467. The van der Waals surface area contributed by atoms with Gasteiger partial charge in [-0.1, -0.05) is 6.92 Å². The van der Waals surface area contributed by atoms with Crippen molar-refractivity contribution >= 4 is 11.7 Å². The molecule has 0 aromatic carbocycles. The van der Waals surface area contributed by atoms with Crippen LogP contribution >= 0.6 is 0 Å². The van der Waals surface area contributed by atoms with Gasteiger partial charge in [0.15, 0.2) is 5.82 Å². The van der Waals surface area contributed by atoms with E-state index < -0.39 is 11.7 Å². The lowest BCUT2D eigenvalue weighted by molar-refractivity contribution is -0.133.